The summed E-state index contributed by atoms with van der Waals surface area (Å²) in [5.41, 5.74) is 1.55. The molecule has 0 aromatic heterocycles. The lowest BCUT2D eigenvalue weighted by Gasteiger charge is -2.14. The molecular weight excluding hydrogens is 235 g/mol. The molecule has 0 N–H and O–H groups in total. The average Bonchev–Trinajstić information content (AvgIpc) is 2.38. The summed E-state index contributed by atoms with van der Waals surface area (Å²) in [6, 6.07) is 7.14. The normalized spacial score (nSPS) is 11.2. The fourth-order valence-corrected chi connectivity index (χ4v) is 3.41. The van der Waals surface area contributed by atoms with Crippen LogP contribution >= 0.6 is 7.14 Å². The summed E-state index contributed by atoms with van der Waals surface area (Å²) in [6.45, 7) is 3.93. The van der Waals surface area contributed by atoms with E-state index in [0.29, 0.717) is 11.7 Å². The summed E-state index contributed by atoms with van der Waals surface area (Å²) in [7, 11) is -0.705. The molecule has 0 amide bonds. The number of hydrogen-bond donors (Lipinski definition) is 0. The maximum absolute atomic E-state index is 12.3. The Hall–Kier alpha value is -1.08. The first-order chi connectivity index (χ1) is 8.04. The summed E-state index contributed by atoms with van der Waals surface area (Å²) in [5, 5.41) is 0. The van der Waals surface area contributed by atoms with Crippen molar-refractivity contribution in [2.24, 2.45) is 0 Å². The van der Waals surface area contributed by atoms with Crippen molar-refractivity contribution in [3.63, 3.8) is 0 Å². The summed E-state index contributed by atoms with van der Waals surface area (Å²) >= 11 is 0. The standard InChI is InChI=1S/C13H19O3P/c1-4-17(15,5-2)10-11-6-8-12(9-7-11)13(14)16-3/h6-9H,4-5,10H2,1-3H3. The van der Waals surface area contributed by atoms with Gasteiger partial charge in [-0.05, 0) is 30.0 Å². The van der Waals surface area contributed by atoms with Crippen molar-refractivity contribution in [3.05, 3.63) is 35.4 Å². The molecule has 4 heteroatoms. The van der Waals surface area contributed by atoms with Gasteiger partial charge in [-0.15, -0.1) is 0 Å². The van der Waals surface area contributed by atoms with Gasteiger partial charge in [0, 0.05) is 6.16 Å². The number of methoxy groups -OCH3 is 1. The van der Waals surface area contributed by atoms with Crippen LogP contribution in [0.2, 0.25) is 0 Å². The van der Waals surface area contributed by atoms with Gasteiger partial charge in [-0.25, -0.2) is 4.79 Å². The second kappa shape index (κ2) is 6.02. The Morgan fingerprint density at radius 3 is 2.12 bits per heavy atom. The molecule has 1 aromatic carbocycles. The first-order valence-corrected chi connectivity index (χ1v) is 8.05. The highest BCUT2D eigenvalue weighted by molar-refractivity contribution is 7.63. The number of hydrogen-bond acceptors (Lipinski definition) is 3. The summed E-state index contributed by atoms with van der Waals surface area (Å²) in [6.07, 6.45) is 2.06. The minimum Gasteiger partial charge on any atom is -0.465 e. The Kier molecular flexibility index (Phi) is 4.95. The van der Waals surface area contributed by atoms with E-state index in [2.05, 4.69) is 4.74 Å². The van der Waals surface area contributed by atoms with Gasteiger partial charge in [0.1, 0.15) is 0 Å². The van der Waals surface area contributed by atoms with Crippen molar-refractivity contribution in [1.82, 2.24) is 0 Å². The largest absolute Gasteiger partial charge is 0.465 e. The molecule has 17 heavy (non-hydrogen) atoms. The molecule has 0 saturated carbocycles. The number of benzene rings is 1. The van der Waals surface area contributed by atoms with Crippen molar-refractivity contribution >= 4 is 13.1 Å². The zero-order chi connectivity index (χ0) is 12.9. The highest BCUT2D eigenvalue weighted by Crippen LogP contribution is 2.47. The van der Waals surface area contributed by atoms with E-state index in [4.69, 9.17) is 0 Å². The van der Waals surface area contributed by atoms with E-state index in [-0.39, 0.29) is 5.97 Å². The highest BCUT2D eigenvalue weighted by Gasteiger charge is 2.17. The first kappa shape index (κ1) is 14.0. The van der Waals surface area contributed by atoms with Gasteiger partial charge < -0.3 is 9.30 Å². The zero-order valence-corrected chi connectivity index (χ0v) is 11.5. The molecule has 1 rings (SSSR count). The molecule has 0 radical (unpaired) electrons. The minimum atomic E-state index is -2.06. The molecule has 0 heterocycles. The molecule has 1 aromatic rings. The van der Waals surface area contributed by atoms with Crippen LogP contribution in [0.15, 0.2) is 24.3 Å². The quantitative estimate of drug-likeness (QED) is 0.597. The Bertz CT molecular complexity index is 415. The first-order valence-electron chi connectivity index (χ1n) is 5.79. The Balaban J connectivity index is 2.82. The molecule has 94 valence electrons. The third-order valence-electron chi connectivity index (χ3n) is 3.00. The maximum Gasteiger partial charge on any atom is 0.337 e. The van der Waals surface area contributed by atoms with E-state index in [1.54, 1.807) is 12.1 Å². The van der Waals surface area contributed by atoms with Crippen LogP contribution in [0.4, 0.5) is 0 Å². The second-order valence-electron chi connectivity index (χ2n) is 4.04. The van der Waals surface area contributed by atoms with E-state index >= 15 is 0 Å². The molecule has 0 aliphatic rings. The van der Waals surface area contributed by atoms with Gasteiger partial charge in [-0.3, -0.25) is 0 Å². The number of esters is 1. The highest BCUT2D eigenvalue weighted by atomic mass is 31.2. The lowest BCUT2D eigenvalue weighted by Crippen LogP contribution is -2.01. The number of carbonyl (C=O) groups is 1. The van der Waals surface area contributed by atoms with Crippen molar-refractivity contribution < 1.29 is 14.1 Å². The fourth-order valence-electron chi connectivity index (χ4n) is 1.64. The second-order valence-corrected chi connectivity index (χ2v) is 7.73. The summed E-state index contributed by atoms with van der Waals surface area (Å²) < 4.78 is 16.9. The molecule has 3 nitrogen and oxygen atoms in total. The minimum absolute atomic E-state index is 0.342. The molecule has 0 aliphatic heterocycles. The van der Waals surface area contributed by atoms with Crippen molar-refractivity contribution in [1.29, 1.82) is 0 Å². The van der Waals surface area contributed by atoms with E-state index in [1.807, 2.05) is 26.0 Å². The SMILES string of the molecule is CCP(=O)(CC)Cc1ccc(C(=O)OC)cc1. The van der Waals surface area contributed by atoms with E-state index in [1.165, 1.54) is 7.11 Å². The van der Waals surface area contributed by atoms with Gasteiger partial charge in [0.2, 0.25) is 0 Å². The van der Waals surface area contributed by atoms with Crippen LogP contribution in [0.3, 0.4) is 0 Å². The molecule has 0 unspecified atom stereocenters. The van der Waals surface area contributed by atoms with Gasteiger partial charge in [0.25, 0.3) is 0 Å². The lowest BCUT2D eigenvalue weighted by molar-refractivity contribution is 0.0600. The van der Waals surface area contributed by atoms with Gasteiger partial charge in [-0.2, -0.15) is 0 Å². The zero-order valence-electron chi connectivity index (χ0n) is 10.6. The van der Waals surface area contributed by atoms with Gasteiger partial charge in [0.05, 0.1) is 19.8 Å². The van der Waals surface area contributed by atoms with Crippen molar-refractivity contribution in [3.8, 4) is 0 Å². The van der Waals surface area contributed by atoms with Crippen LogP contribution in [0.5, 0.6) is 0 Å². The number of rotatable bonds is 5. The topological polar surface area (TPSA) is 43.4 Å². The van der Waals surface area contributed by atoms with Crippen LogP contribution in [0, 0.1) is 0 Å². The monoisotopic (exact) mass is 254 g/mol. The third kappa shape index (κ3) is 3.71. The number of carbonyl (C=O) groups excluding carboxylic acids is 1. The molecule has 0 fully saturated rings. The van der Waals surface area contributed by atoms with Crippen LogP contribution in [0.1, 0.15) is 29.8 Å². The van der Waals surface area contributed by atoms with E-state index < -0.39 is 7.14 Å². The predicted molar refractivity (Wildman–Crippen MR) is 70.2 cm³/mol. The van der Waals surface area contributed by atoms with E-state index in [0.717, 1.165) is 17.9 Å². The summed E-state index contributed by atoms with van der Waals surface area (Å²) in [4.78, 5) is 11.2. The Morgan fingerprint density at radius 1 is 1.18 bits per heavy atom. The smallest absolute Gasteiger partial charge is 0.337 e. The van der Waals surface area contributed by atoms with E-state index in [9.17, 15) is 9.36 Å². The molecule has 0 atom stereocenters. The molecule has 0 saturated heterocycles. The van der Waals surface area contributed by atoms with Crippen molar-refractivity contribution in [2.75, 3.05) is 19.4 Å². The summed E-state index contributed by atoms with van der Waals surface area (Å²) in [5.74, 6) is -0.342. The maximum atomic E-state index is 12.3. The molecule has 0 bridgehead atoms. The van der Waals surface area contributed by atoms with Crippen LogP contribution in [-0.2, 0) is 15.5 Å². The van der Waals surface area contributed by atoms with Gasteiger partial charge in [-0.1, -0.05) is 26.0 Å². The predicted octanol–water partition coefficient (Wildman–Crippen LogP) is 3.38. The van der Waals surface area contributed by atoms with Crippen molar-refractivity contribution in [2.45, 2.75) is 20.0 Å². The third-order valence-corrected chi connectivity index (χ3v) is 6.25. The number of ether oxygens (including phenoxy) is 1. The fraction of sp³-hybridized carbons (Fsp3) is 0.462. The van der Waals surface area contributed by atoms with Crippen LogP contribution < -0.4 is 0 Å². The molecular formula is C13H19O3P. The van der Waals surface area contributed by atoms with Crippen LogP contribution in [-0.4, -0.2) is 25.4 Å². The average molecular weight is 254 g/mol. The van der Waals surface area contributed by atoms with Gasteiger partial charge >= 0.3 is 5.97 Å². The molecule has 0 spiro atoms. The Labute approximate surface area is 103 Å². The Morgan fingerprint density at radius 2 is 1.71 bits per heavy atom. The lowest BCUT2D eigenvalue weighted by atomic mass is 10.1. The van der Waals surface area contributed by atoms with Crippen LogP contribution in [0.25, 0.3) is 0 Å². The van der Waals surface area contributed by atoms with Gasteiger partial charge in [0.15, 0.2) is 0 Å². The molecule has 0 aliphatic carbocycles.